The number of amides is 1. The molecule has 0 bridgehead atoms. The van der Waals surface area contributed by atoms with Crippen molar-refractivity contribution in [1.82, 2.24) is 15.1 Å². The Morgan fingerprint density at radius 3 is 2.59 bits per heavy atom. The van der Waals surface area contributed by atoms with Gasteiger partial charge in [-0.15, -0.1) is 10.2 Å². The second-order valence-corrected chi connectivity index (χ2v) is 5.37. The van der Waals surface area contributed by atoms with Gasteiger partial charge in [-0.25, -0.2) is 0 Å². The van der Waals surface area contributed by atoms with Gasteiger partial charge in [-0.3, -0.25) is 4.79 Å². The Bertz CT molecular complexity index is 602. The zero-order chi connectivity index (χ0) is 15.4. The fourth-order valence-corrected chi connectivity index (χ4v) is 2.61. The normalized spacial score (nSPS) is 15.1. The molecule has 1 amide bonds. The number of piperazine rings is 1. The molecule has 6 nitrogen and oxygen atoms in total. The number of carbonyl (C=O) groups excluding carboxylic acids is 1. The van der Waals surface area contributed by atoms with Gasteiger partial charge >= 0.3 is 0 Å². The molecule has 0 aliphatic carbocycles. The molecule has 0 unspecified atom stereocenters. The van der Waals surface area contributed by atoms with E-state index in [1.807, 2.05) is 36.1 Å². The van der Waals surface area contributed by atoms with E-state index in [2.05, 4.69) is 15.1 Å². The first kappa shape index (κ1) is 14.6. The summed E-state index contributed by atoms with van der Waals surface area (Å²) in [5, 5.41) is 8.49. The van der Waals surface area contributed by atoms with E-state index in [-0.39, 0.29) is 5.91 Å². The van der Waals surface area contributed by atoms with Crippen LogP contribution in [-0.2, 0) is 4.79 Å². The van der Waals surface area contributed by atoms with Crippen LogP contribution in [0.2, 0.25) is 0 Å². The van der Waals surface area contributed by atoms with Crippen LogP contribution in [0.25, 0.3) is 11.5 Å². The van der Waals surface area contributed by atoms with Crippen LogP contribution >= 0.6 is 0 Å². The van der Waals surface area contributed by atoms with Gasteiger partial charge in [0.2, 0.25) is 5.91 Å². The van der Waals surface area contributed by atoms with Gasteiger partial charge in [0.15, 0.2) is 11.6 Å². The van der Waals surface area contributed by atoms with Crippen molar-refractivity contribution in [1.29, 1.82) is 0 Å². The first-order chi connectivity index (χ1) is 10.8. The zero-order valence-electron chi connectivity index (χ0n) is 12.7. The fraction of sp³-hybridized carbons (Fsp3) is 0.438. The Hall–Kier alpha value is -2.37. The molecule has 0 N–H and O–H groups in total. The lowest BCUT2D eigenvalue weighted by atomic mass is 10.2. The van der Waals surface area contributed by atoms with Crippen molar-refractivity contribution < 1.29 is 9.21 Å². The molecule has 1 aliphatic rings. The first-order valence-corrected chi connectivity index (χ1v) is 7.68. The predicted molar refractivity (Wildman–Crippen MR) is 83.4 cm³/mol. The van der Waals surface area contributed by atoms with E-state index in [1.165, 1.54) is 0 Å². The lowest BCUT2D eigenvalue weighted by molar-refractivity contribution is -0.131. The molecular weight excluding hydrogens is 280 g/mol. The van der Waals surface area contributed by atoms with Crippen molar-refractivity contribution in [3.63, 3.8) is 0 Å². The number of rotatable bonds is 4. The molecule has 0 spiro atoms. The van der Waals surface area contributed by atoms with Crippen LogP contribution in [0.5, 0.6) is 0 Å². The molecule has 3 rings (SSSR count). The van der Waals surface area contributed by atoms with Gasteiger partial charge in [0, 0.05) is 32.6 Å². The monoisotopic (exact) mass is 300 g/mol. The maximum absolute atomic E-state index is 11.9. The molecule has 0 radical (unpaired) electrons. The van der Waals surface area contributed by atoms with E-state index in [0.717, 1.165) is 44.1 Å². The van der Waals surface area contributed by atoms with Crippen LogP contribution in [0.15, 0.2) is 34.9 Å². The maximum atomic E-state index is 11.9. The van der Waals surface area contributed by atoms with Crippen LogP contribution < -0.4 is 4.90 Å². The Morgan fingerprint density at radius 2 is 2.00 bits per heavy atom. The first-order valence-electron chi connectivity index (χ1n) is 7.68. The number of nitrogens with zero attached hydrogens (tertiary/aromatic N) is 4. The van der Waals surface area contributed by atoms with Crippen molar-refractivity contribution in [3.8, 4) is 11.5 Å². The number of hydrogen-bond donors (Lipinski definition) is 0. The Labute approximate surface area is 129 Å². The average Bonchev–Trinajstić information content (AvgIpc) is 3.10. The summed E-state index contributed by atoms with van der Waals surface area (Å²) in [4.78, 5) is 16.0. The van der Waals surface area contributed by atoms with E-state index in [0.29, 0.717) is 12.2 Å². The third-order valence-corrected chi connectivity index (χ3v) is 3.84. The molecule has 1 saturated heterocycles. The summed E-state index contributed by atoms with van der Waals surface area (Å²) in [6, 6.07) is 7.56. The zero-order valence-corrected chi connectivity index (χ0v) is 12.7. The molecule has 2 aromatic rings. The Balaban J connectivity index is 1.61. The lowest BCUT2D eigenvalue weighted by Crippen LogP contribution is -2.49. The summed E-state index contributed by atoms with van der Waals surface area (Å²) in [6.07, 6.45) is 3.16. The van der Waals surface area contributed by atoms with E-state index in [9.17, 15) is 4.79 Å². The molecule has 3 heterocycles. The average molecular weight is 300 g/mol. The van der Waals surface area contributed by atoms with Gasteiger partial charge in [-0.2, -0.15) is 0 Å². The molecule has 1 fully saturated rings. The minimum Gasteiger partial charge on any atom is -0.463 e. The molecule has 0 saturated carbocycles. The minimum atomic E-state index is 0.251. The Kier molecular flexibility index (Phi) is 4.37. The van der Waals surface area contributed by atoms with Crippen LogP contribution in [0.3, 0.4) is 0 Å². The summed E-state index contributed by atoms with van der Waals surface area (Å²) in [5.74, 6) is 1.81. The number of furan rings is 1. The van der Waals surface area contributed by atoms with Crippen LogP contribution in [0.1, 0.15) is 19.8 Å². The molecule has 0 atom stereocenters. The van der Waals surface area contributed by atoms with Gasteiger partial charge in [0.05, 0.1) is 6.26 Å². The number of hydrogen-bond acceptors (Lipinski definition) is 5. The smallest absolute Gasteiger partial charge is 0.222 e. The van der Waals surface area contributed by atoms with E-state index < -0.39 is 0 Å². The summed E-state index contributed by atoms with van der Waals surface area (Å²) in [5.41, 5.74) is 0.727. The molecule has 116 valence electrons. The largest absolute Gasteiger partial charge is 0.463 e. The molecule has 2 aromatic heterocycles. The number of anilines is 1. The predicted octanol–water partition coefficient (Wildman–Crippen LogP) is 2.19. The highest BCUT2D eigenvalue weighted by molar-refractivity contribution is 5.76. The van der Waals surface area contributed by atoms with Crippen molar-refractivity contribution in [3.05, 3.63) is 30.5 Å². The highest BCUT2D eigenvalue weighted by Gasteiger charge is 2.21. The molecule has 22 heavy (non-hydrogen) atoms. The number of aromatic nitrogens is 2. The van der Waals surface area contributed by atoms with Gasteiger partial charge in [0.1, 0.15) is 5.69 Å². The van der Waals surface area contributed by atoms with E-state index in [1.54, 1.807) is 6.26 Å². The topological polar surface area (TPSA) is 62.5 Å². The molecule has 1 aliphatic heterocycles. The van der Waals surface area contributed by atoms with Gasteiger partial charge in [-0.05, 0) is 30.7 Å². The SMILES string of the molecule is CCCC(=O)N1CCN(c2ccc(-c3ccco3)nn2)CC1. The molecule has 6 heteroatoms. The van der Waals surface area contributed by atoms with Gasteiger partial charge in [-0.1, -0.05) is 6.92 Å². The van der Waals surface area contributed by atoms with Crippen LogP contribution in [0, 0.1) is 0 Å². The quantitative estimate of drug-likeness (QED) is 0.866. The maximum Gasteiger partial charge on any atom is 0.222 e. The molecular formula is C16H20N4O2. The summed E-state index contributed by atoms with van der Waals surface area (Å²) in [7, 11) is 0. The van der Waals surface area contributed by atoms with Crippen molar-refractivity contribution in [2.75, 3.05) is 31.1 Å². The van der Waals surface area contributed by atoms with Gasteiger partial charge in [0.25, 0.3) is 0 Å². The standard InChI is InChI=1S/C16H20N4O2/c1-2-4-16(21)20-10-8-19(9-11-20)15-7-6-13(17-18-15)14-5-3-12-22-14/h3,5-7,12H,2,4,8-11H2,1H3. The second kappa shape index (κ2) is 6.60. The highest BCUT2D eigenvalue weighted by atomic mass is 16.3. The highest BCUT2D eigenvalue weighted by Crippen LogP contribution is 2.19. The summed E-state index contributed by atoms with van der Waals surface area (Å²) in [6.45, 7) is 5.12. The van der Waals surface area contributed by atoms with Crippen molar-refractivity contribution in [2.24, 2.45) is 0 Å². The third kappa shape index (κ3) is 3.10. The number of carbonyl (C=O) groups is 1. The summed E-state index contributed by atoms with van der Waals surface area (Å²) >= 11 is 0. The fourth-order valence-electron chi connectivity index (χ4n) is 2.61. The van der Waals surface area contributed by atoms with E-state index >= 15 is 0 Å². The van der Waals surface area contributed by atoms with E-state index in [4.69, 9.17) is 4.42 Å². The van der Waals surface area contributed by atoms with Crippen molar-refractivity contribution in [2.45, 2.75) is 19.8 Å². The second-order valence-electron chi connectivity index (χ2n) is 5.37. The van der Waals surface area contributed by atoms with Crippen molar-refractivity contribution >= 4 is 11.7 Å². The minimum absolute atomic E-state index is 0.251. The van der Waals surface area contributed by atoms with Gasteiger partial charge < -0.3 is 14.2 Å². The lowest BCUT2D eigenvalue weighted by Gasteiger charge is -2.35. The summed E-state index contributed by atoms with van der Waals surface area (Å²) < 4.78 is 5.31. The molecule has 0 aromatic carbocycles. The third-order valence-electron chi connectivity index (χ3n) is 3.84. The Morgan fingerprint density at radius 1 is 1.18 bits per heavy atom. The van der Waals surface area contributed by atoms with Crippen LogP contribution in [0.4, 0.5) is 5.82 Å². The van der Waals surface area contributed by atoms with Crippen LogP contribution in [-0.4, -0.2) is 47.2 Å².